The molecule has 2 unspecified atom stereocenters. The van der Waals surface area contributed by atoms with Gasteiger partial charge in [0.05, 0.1) is 11.4 Å². The van der Waals surface area contributed by atoms with E-state index in [9.17, 15) is 8.76 Å². The molecule has 2 atom stereocenters. The van der Waals surface area contributed by atoms with Crippen LogP contribution in [0, 0.1) is 0 Å². The average molecular weight is 230 g/mol. The monoisotopic (exact) mass is 229 g/mol. The smallest absolute Gasteiger partial charge is 0.136 e. The molecular formula is C5H10BrO3S-. The number of halogens is 1. The van der Waals surface area contributed by atoms with Crippen LogP contribution in [-0.2, 0) is 15.5 Å². The summed E-state index contributed by atoms with van der Waals surface area (Å²) >= 11 is 0.694. The summed E-state index contributed by atoms with van der Waals surface area (Å²) in [6, 6.07) is 0. The first-order valence-electron chi connectivity index (χ1n) is 2.95. The van der Waals surface area contributed by atoms with Crippen molar-refractivity contribution < 1.29 is 12.9 Å². The van der Waals surface area contributed by atoms with Crippen LogP contribution >= 0.6 is 15.9 Å². The summed E-state index contributed by atoms with van der Waals surface area (Å²) < 4.78 is 23.9. The van der Waals surface area contributed by atoms with Gasteiger partial charge < -0.3 is 4.55 Å². The molecule has 62 valence electrons. The molecule has 0 saturated carbocycles. The highest BCUT2D eigenvalue weighted by atomic mass is 79.9. The van der Waals surface area contributed by atoms with E-state index in [1.165, 1.54) is 0 Å². The molecule has 0 bridgehead atoms. The van der Waals surface area contributed by atoms with E-state index in [1.807, 2.05) is 6.92 Å². The van der Waals surface area contributed by atoms with Crippen LogP contribution in [0.25, 0.3) is 0 Å². The quantitative estimate of drug-likeness (QED) is 0.545. The molecule has 0 aromatic heterocycles. The second-order valence-electron chi connectivity index (χ2n) is 2.14. The summed E-state index contributed by atoms with van der Waals surface area (Å²) in [4.78, 5) is 0. The summed E-state index contributed by atoms with van der Waals surface area (Å²) in [6.45, 7) is 3.63. The molecule has 0 rings (SSSR count). The molecule has 0 amide bonds. The van der Waals surface area contributed by atoms with Crippen LogP contribution in [0.5, 0.6) is 0 Å². The minimum atomic E-state index is -2.43. The molecule has 0 aromatic carbocycles. The highest BCUT2D eigenvalue weighted by Gasteiger charge is 2.19. The molecule has 0 fully saturated rings. The Bertz CT molecular complexity index is 126. The lowest BCUT2D eigenvalue weighted by Gasteiger charge is -2.22. The molecule has 10 heavy (non-hydrogen) atoms. The standard InChI is InChI=1S/C5H11BrO3S/c1-3-4-5(2,6)9-10(7)8/h3-4H2,1-2H3,(H,7,8)/p-1. The van der Waals surface area contributed by atoms with E-state index in [0.29, 0.717) is 6.42 Å². The van der Waals surface area contributed by atoms with Crippen molar-refractivity contribution in [1.29, 1.82) is 0 Å². The Hall–Kier alpha value is 0.550. The lowest BCUT2D eigenvalue weighted by Crippen LogP contribution is -2.20. The predicted molar refractivity (Wildman–Crippen MR) is 42.2 cm³/mol. The Kier molecular flexibility index (Phi) is 4.68. The van der Waals surface area contributed by atoms with Crippen molar-refractivity contribution >= 4 is 27.3 Å². The van der Waals surface area contributed by atoms with Gasteiger partial charge in [-0.1, -0.05) is 29.3 Å². The number of hydrogen-bond acceptors (Lipinski definition) is 3. The fourth-order valence-electron chi connectivity index (χ4n) is 0.630. The fourth-order valence-corrected chi connectivity index (χ4v) is 1.72. The first-order chi connectivity index (χ1) is 4.48. The predicted octanol–water partition coefficient (Wildman–Crippen LogP) is 1.71. The van der Waals surface area contributed by atoms with Gasteiger partial charge >= 0.3 is 0 Å². The van der Waals surface area contributed by atoms with Crippen LogP contribution < -0.4 is 0 Å². The Morgan fingerprint density at radius 3 is 2.60 bits per heavy atom. The van der Waals surface area contributed by atoms with Crippen LogP contribution in [-0.4, -0.2) is 13.3 Å². The van der Waals surface area contributed by atoms with Gasteiger partial charge in [0.1, 0.15) is 4.51 Å². The van der Waals surface area contributed by atoms with Crippen LogP contribution in [0.3, 0.4) is 0 Å². The zero-order chi connectivity index (χ0) is 8.20. The van der Waals surface area contributed by atoms with Crippen LogP contribution in [0.15, 0.2) is 0 Å². The molecule has 0 saturated heterocycles. The molecule has 3 nitrogen and oxygen atoms in total. The van der Waals surface area contributed by atoms with Crippen molar-refractivity contribution in [2.45, 2.75) is 31.2 Å². The highest BCUT2D eigenvalue weighted by molar-refractivity contribution is 9.10. The third kappa shape index (κ3) is 5.34. The normalized spacial score (nSPS) is 20.0. The molecule has 5 heteroatoms. The lowest BCUT2D eigenvalue weighted by atomic mass is 10.2. The van der Waals surface area contributed by atoms with Crippen LogP contribution in [0.2, 0.25) is 0 Å². The Balaban J connectivity index is 3.74. The summed E-state index contributed by atoms with van der Waals surface area (Å²) in [5.74, 6) is 0. The molecule has 0 aliphatic carbocycles. The topological polar surface area (TPSA) is 49.4 Å². The van der Waals surface area contributed by atoms with Gasteiger partial charge in [0, 0.05) is 0 Å². The van der Waals surface area contributed by atoms with Gasteiger partial charge in [-0.2, -0.15) is 0 Å². The summed E-state index contributed by atoms with van der Waals surface area (Å²) in [6.07, 6.45) is 1.54. The molecule has 0 aliphatic rings. The van der Waals surface area contributed by atoms with Crippen molar-refractivity contribution in [2.75, 3.05) is 0 Å². The van der Waals surface area contributed by atoms with Crippen LogP contribution in [0.1, 0.15) is 26.7 Å². The maximum Gasteiger partial charge on any atom is 0.136 e. The van der Waals surface area contributed by atoms with Crippen molar-refractivity contribution in [3.8, 4) is 0 Å². The molecule has 0 spiro atoms. The molecule has 0 aromatic rings. The molecule has 0 N–H and O–H groups in total. The van der Waals surface area contributed by atoms with E-state index in [0.717, 1.165) is 6.42 Å². The molecule has 0 aliphatic heterocycles. The van der Waals surface area contributed by atoms with E-state index in [1.54, 1.807) is 6.92 Å². The summed E-state index contributed by atoms with van der Waals surface area (Å²) in [5, 5.41) is 0. The zero-order valence-electron chi connectivity index (χ0n) is 5.93. The minimum Gasteiger partial charge on any atom is -0.750 e. The minimum absolute atomic E-state index is 0.668. The third-order valence-electron chi connectivity index (χ3n) is 0.938. The van der Waals surface area contributed by atoms with Crippen molar-refractivity contribution in [3.63, 3.8) is 0 Å². The summed E-state index contributed by atoms with van der Waals surface area (Å²) in [7, 11) is 0. The molecule has 0 radical (unpaired) electrons. The van der Waals surface area contributed by atoms with Gasteiger partial charge in [-0.15, -0.1) is 0 Å². The van der Waals surface area contributed by atoms with E-state index >= 15 is 0 Å². The van der Waals surface area contributed by atoms with Crippen LogP contribution in [0.4, 0.5) is 0 Å². The van der Waals surface area contributed by atoms with Gasteiger partial charge in [-0.3, -0.25) is 4.18 Å². The van der Waals surface area contributed by atoms with Crippen molar-refractivity contribution in [3.05, 3.63) is 0 Å². The largest absolute Gasteiger partial charge is 0.750 e. The van der Waals surface area contributed by atoms with Gasteiger partial charge in [0.15, 0.2) is 0 Å². The van der Waals surface area contributed by atoms with Gasteiger partial charge in [-0.25, -0.2) is 4.21 Å². The Morgan fingerprint density at radius 1 is 1.80 bits per heavy atom. The second-order valence-corrected chi connectivity index (χ2v) is 4.39. The van der Waals surface area contributed by atoms with E-state index in [2.05, 4.69) is 20.1 Å². The number of alkyl halides is 1. The maximum atomic E-state index is 10.0. The number of hydrogen-bond donors (Lipinski definition) is 0. The first-order valence-corrected chi connectivity index (χ1v) is 4.75. The van der Waals surface area contributed by atoms with E-state index < -0.39 is 15.9 Å². The first kappa shape index (κ1) is 10.6. The Morgan fingerprint density at radius 2 is 2.30 bits per heavy atom. The summed E-state index contributed by atoms with van der Waals surface area (Å²) in [5.41, 5.74) is 0. The lowest BCUT2D eigenvalue weighted by molar-refractivity contribution is 0.182. The maximum absolute atomic E-state index is 10.0. The van der Waals surface area contributed by atoms with E-state index in [4.69, 9.17) is 0 Å². The highest BCUT2D eigenvalue weighted by Crippen LogP contribution is 2.25. The average Bonchev–Trinajstić information content (AvgIpc) is 1.59. The van der Waals surface area contributed by atoms with Crippen molar-refractivity contribution in [1.82, 2.24) is 0 Å². The zero-order valence-corrected chi connectivity index (χ0v) is 8.33. The van der Waals surface area contributed by atoms with Gasteiger partial charge in [-0.05, 0) is 13.3 Å². The number of rotatable bonds is 4. The third-order valence-corrected chi connectivity index (χ3v) is 2.21. The fraction of sp³-hybridized carbons (Fsp3) is 1.00. The molecular weight excluding hydrogens is 220 g/mol. The SMILES string of the molecule is CCCC(C)(Br)OS(=O)[O-]. The van der Waals surface area contributed by atoms with Gasteiger partial charge in [0.2, 0.25) is 0 Å². The van der Waals surface area contributed by atoms with Crippen molar-refractivity contribution in [2.24, 2.45) is 0 Å². The molecule has 0 heterocycles. The Labute approximate surface area is 71.8 Å². The second kappa shape index (κ2) is 4.43. The van der Waals surface area contributed by atoms with E-state index in [-0.39, 0.29) is 0 Å². The van der Waals surface area contributed by atoms with Gasteiger partial charge in [0.25, 0.3) is 0 Å².